The normalized spacial score (nSPS) is 15.4. The molecule has 0 radical (unpaired) electrons. The maximum atomic E-state index is 13.0. The molecule has 3 rings (SSSR count). The molecule has 0 unspecified atom stereocenters. The molecular weight excluding hydrogens is 400 g/mol. The molecule has 0 spiro atoms. The molecule has 1 fully saturated rings. The van der Waals surface area contributed by atoms with Crippen LogP contribution in [0, 0.1) is 12.8 Å². The fraction of sp³-hybridized carbons (Fsp3) is 0.435. The lowest BCUT2D eigenvalue weighted by Crippen LogP contribution is -2.38. The topological polar surface area (TPSA) is 66.9 Å². The van der Waals surface area contributed by atoms with Crippen molar-refractivity contribution in [1.29, 1.82) is 0 Å². The standard InChI is InChI=1S/C23H30N2O4S/c1-17-5-8-21(9-6-17)30(27,28)24(3)16-20-15-19(7-10-22(20)29-4)23(26)25-13-11-18(2)12-14-25/h5-10,15,18H,11-14,16H2,1-4H3. The first-order valence-corrected chi connectivity index (χ1v) is 11.7. The van der Waals surface area contributed by atoms with Crippen molar-refractivity contribution in [3.8, 4) is 5.75 Å². The molecule has 0 aromatic heterocycles. The van der Waals surface area contributed by atoms with Crippen molar-refractivity contribution in [2.75, 3.05) is 27.2 Å². The number of benzene rings is 2. The number of piperidine rings is 1. The summed E-state index contributed by atoms with van der Waals surface area (Å²) in [5.41, 5.74) is 2.21. The van der Waals surface area contributed by atoms with Crippen LogP contribution in [0.15, 0.2) is 47.4 Å². The number of hydrogen-bond donors (Lipinski definition) is 0. The molecule has 1 aliphatic rings. The number of sulfonamides is 1. The van der Waals surface area contributed by atoms with Crippen LogP contribution >= 0.6 is 0 Å². The number of ether oxygens (including phenoxy) is 1. The Morgan fingerprint density at radius 1 is 1.13 bits per heavy atom. The van der Waals surface area contributed by atoms with E-state index >= 15 is 0 Å². The number of nitrogens with zero attached hydrogens (tertiary/aromatic N) is 2. The van der Waals surface area contributed by atoms with Gasteiger partial charge in [0.1, 0.15) is 5.75 Å². The molecule has 2 aromatic rings. The molecule has 162 valence electrons. The Hall–Kier alpha value is -2.38. The van der Waals surface area contributed by atoms with Crippen LogP contribution < -0.4 is 4.74 Å². The molecule has 30 heavy (non-hydrogen) atoms. The van der Waals surface area contributed by atoms with Crippen molar-refractivity contribution in [3.63, 3.8) is 0 Å². The number of aryl methyl sites for hydroxylation is 1. The third-order valence-electron chi connectivity index (χ3n) is 5.72. The Balaban J connectivity index is 1.83. The SMILES string of the molecule is COc1ccc(C(=O)N2CCC(C)CC2)cc1CN(C)S(=O)(=O)c1ccc(C)cc1. The van der Waals surface area contributed by atoms with Gasteiger partial charge >= 0.3 is 0 Å². The summed E-state index contributed by atoms with van der Waals surface area (Å²) in [5.74, 6) is 1.18. The number of amides is 1. The van der Waals surface area contributed by atoms with Gasteiger partial charge in [-0.1, -0.05) is 24.6 Å². The highest BCUT2D eigenvalue weighted by molar-refractivity contribution is 7.89. The van der Waals surface area contributed by atoms with E-state index in [0.717, 1.165) is 31.5 Å². The van der Waals surface area contributed by atoms with E-state index in [1.165, 1.54) is 11.4 Å². The van der Waals surface area contributed by atoms with Gasteiger partial charge in [-0.15, -0.1) is 0 Å². The summed E-state index contributed by atoms with van der Waals surface area (Å²) in [6.45, 7) is 5.73. The summed E-state index contributed by atoms with van der Waals surface area (Å²) < 4.78 is 32.6. The van der Waals surface area contributed by atoms with Gasteiger partial charge in [0, 0.05) is 37.8 Å². The van der Waals surface area contributed by atoms with Crippen LogP contribution in [0.2, 0.25) is 0 Å². The Morgan fingerprint density at radius 3 is 2.37 bits per heavy atom. The van der Waals surface area contributed by atoms with Crippen molar-refractivity contribution in [3.05, 3.63) is 59.2 Å². The minimum absolute atomic E-state index is 0.0187. The Labute approximate surface area is 179 Å². The highest BCUT2D eigenvalue weighted by Crippen LogP contribution is 2.26. The smallest absolute Gasteiger partial charge is 0.253 e. The fourth-order valence-electron chi connectivity index (χ4n) is 3.64. The van der Waals surface area contributed by atoms with Gasteiger partial charge in [-0.2, -0.15) is 4.31 Å². The summed E-state index contributed by atoms with van der Waals surface area (Å²) in [4.78, 5) is 15.1. The van der Waals surface area contributed by atoms with Gasteiger partial charge in [0.2, 0.25) is 10.0 Å². The first-order chi connectivity index (χ1) is 14.2. The van der Waals surface area contributed by atoms with Gasteiger partial charge in [-0.25, -0.2) is 8.42 Å². The third kappa shape index (κ3) is 4.84. The molecular formula is C23H30N2O4S. The summed E-state index contributed by atoms with van der Waals surface area (Å²) >= 11 is 0. The van der Waals surface area contributed by atoms with Crippen LogP contribution in [0.1, 0.15) is 41.3 Å². The second-order valence-corrected chi connectivity index (χ2v) is 10.1. The van der Waals surface area contributed by atoms with Crippen LogP contribution in [0.5, 0.6) is 5.75 Å². The van der Waals surface area contributed by atoms with Gasteiger partial charge in [0.15, 0.2) is 0 Å². The quantitative estimate of drug-likeness (QED) is 0.701. The lowest BCUT2D eigenvalue weighted by molar-refractivity contribution is 0.0697. The van der Waals surface area contributed by atoms with E-state index in [2.05, 4.69) is 6.92 Å². The molecule has 1 aliphatic heterocycles. The van der Waals surface area contributed by atoms with Gasteiger partial charge in [0.25, 0.3) is 5.91 Å². The number of methoxy groups -OCH3 is 1. The Morgan fingerprint density at radius 2 is 1.77 bits per heavy atom. The summed E-state index contributed by atoms with van der Waals surface area (Å²) in [6.07, 6.45) is 2.01. The lowest BCUT2D eigenvalue weighted by Gasteiger charge is -2.30. The highest BCUT2D eigenvalue weighted by atomic mass is 32.2. The zero-order valence-corrected chi connectivity index (χ0v) is 18.9. The highest BCUT2D eigenvalue weighted by Gasteiger charge is 2.25. The van der Waals surface area contributed by atoms with E-state index in [1.807, 2.05) is 11.8 Å². The van der Waals surface area contributed by atoms with Gasteiger partial charge in [-0.3, -0.25) is 4.79 Å². The van der Waals surface area contributed by atoms with Crippen molar-refractivity contribution in [2.45, 2.75) is 38.1 Å². The van der Waals surface area contributed by atoms with Crippen molar-refractivity contribution < 1.29 is 17.9 Å². The van der Waals surface area contributed by atoms with Gasteiger partial charge in [-0.05, 0) is 56.0 Å². The van der Waals surface area contributed by atoms with Crippen molar-refractivity contribution in [2.24, 2.45) is 5.92 Å². The number of likely N-dealkylation sites (tertiary alicyclic amines) is 1. The molecule has 7 heteroatoms. The largest absolute Gasteiger partial charge is 0.496 e. The van der Waals surface area contributed by atoms with Crippen LogP contribution in [0.25, 0.3) is 0 Å². The lowest BCUT2D eigenvalue weighted by atomic mass is 9.98. The van der Waals surface area contributed by atoms with Gasteiger partial charge in [0.05, 0.1) is 12.0 Å². The molecule has 1 amide bonds. The van der Waals surface area contributed by atoms with E-state index in [0.29, 0.717) is 22.8 Å². The van der Waals surface area contributed by atoms with E-state index < -0.39 is 10.0 Å². The minimum atomic E-state index is -3.66. The first kappa shape index (κ1) is 22.3. The number of carbonyl (C=O) groups excluding carboxylic acids is 1. The molecule has 0 N–H and O–H groups in total. The Bertz CT molecular complexity index is 994. The molecule has 0 aliphatic carbocycles. The maximum Gasteiger partial charge on any atom is 0.253 e. The minimum Gasteiger partial charge on any atom is -0.496 e. The molecule has 1 saturated heterocycles. The summed E-state index contributed by atoms with van der Waals surface area (Å²) in [7, 11) is -0.577. The summed E-state index contributed by atoms with van der Waals surface area (Å²) in [5, 5.41) is 0. The average Bonchev–Trinajstić information content (AvgIpc) is 2.74. The van der Waals surface area contributed by atoms with E-state index in [4.69, 9.17) is 4.74 Å². The maximum absolute atomic E-state index is 13.0. The van der Waals surface area contributed by atoms with Crippen molar-refractivity contribution in [1.82, 2.24) is 9.21 Å². The van der Waals surface area contributed by atoms with E-state index in [9.17, 15) is 13.2 Å². The van der Waals surface area contributed by atoms with Crippen LogP contribution in [-0.2, 0) is 16.6 Å². The second-order valence-electron chi connectivity index (χ2n) is 8.08. The van der Waals surface area contributed by atoms with Crippen LogP contribution in [-0.4, -0.2) is 50.8 Å². The molecule has 0 atom stereocenters. The Kier molecular flexibility index (Phi) is 6.83. The summed E-state index contributed by atoms with van der Waals surface area (Å²) in [6, 6.07) is 12.0. The first-order valence-electron chi connectivity index (χ1n) is 10.2. The van der Waals surface area contributed by atoms with Gasteiger partial charge < -0.3 is 9.64 Å². The molecule has 0 bridgehead atoms. The number of carbonyl (C=O) groups is 1. The number of rotatable bonds is 6. The fourth-order valence-corrected chi connectivity index (χ4v) is 4.79. The predicted molar refractivity (Wildman–Crippen MR) is 117 cm³/mol. The number of hydrogen-bond acceptors (Lipinski definition) is 4. The molecule has 6 nitrogen and oxygen atoms in total. The predicted octanol–water partition coefficient (Wildman–Crippen LogP) is 3.70. The monoisotopic (exact) mass is 430 g/mol. The third-order valence-corrected chi connectivity index (χ3v) is 7.54. The van der Waals surface area contributed by atoms with E-state index in [-0.39, 0.29) is 17.3 Å². The molecule has 1 heterocycles. The zero-order chi connectivity index (χ0) is 21.9. The van der Waals surface area contributed by atoms with Crippen molar-refractivity contribution >= 4 is 15.9 Å². The van der Waals surface area contributed by atoms with Crippen LogP contribution in [0.4, 0.5) is 0 Å². The second kappa shape index (κ2) is 9.18. The van der Waals surface area contributed by atoms with E-state index in [1.54, 1.807) is 49.6 Å². The zero-order valence-electron chi connectivity index (χ0n) is 18.1. The van der Waals surface area contributed by atoms with Crippen LogP contribution in [0.3, 0.4) is 0 Å². The molecule has 0 saturated carbocycles. The molecule has 2 aromatic carbocycles. The average molecular weight is 431 g/mol.